The van der Waals surface area contributed by atoms with Gasteiger partial charge in [0.05, 0.1) is 5.69 Å². The Hall–Kier alpha value is -1.00. The van der Waals surface area contributed by atoms with Gasteiger partial charge in [-0.25, -0.2) is 0 Å². The van der Waals surface area contributed by atoms with Crippen LogP contribution in [0, 0.1) is 0 Å². The van der Waals surface area contributed by atoms with Crippen molar-refractivity contribution in [1.29, 1.82) is 0 Å². The first-order valence-electron chi connectivity index (χ1n) is 4.55. The van der Waals surface area contributed by atoms with Gasteiger partial charge >= 0.3 is 0 Å². The Kier molecular flexibility index (Phi) is 2.74. The molecule has 1 atom stereocenters. The van der Waals surface area contributed by atoms with Crippen molar-refractivity contribution < 1.29 is 4.79 Å². The van der Waals surface area contributed by atoms with Crippen LogP contribution in [0.3, 0.4) is 0 Å². The average Bonchev–Trinajstić information content (AvgIpc) is 2.35. The number of nitrogens with two attached hydrogens (primary N) is 1. The number of anilines is 1. The van der Waals surface area contributed by atoms with Crippen LogP contribution in [-0.4, -0.2) is 17.7 Å². The largest absolute Gasteiger partial charge is 0.329 e. The zero-order valence-electron chi connectivity index (χ0n) is 7.69. The minimum Gasteiger partial charge on any atom is -0.329 e. The van der Waals surface area contributed by atoms with E-state index in [0.29, 0.717) is 13.0 Å². The maximum Gasteiger partial charge on any atom is 0.225 e. The van der Waals surface area contributed by atoms with Crippen LogP contribution in [0.1, 0.15) is 6.42 Å². The van der Waals surface area contributed by atoms with Crippen LogP contribution in [0.15, 0.2) is 29.2 Å². The van der Waals surface area contributed by atoms with E-state index in [1.807, 2.05) is 24.3 Å². The maximum absolute atomic E-state index is 11.4. The number of hydrogen-bond donors (Lipinski definition) is 2. The van der Waals surface area contributed by atoms with Crippen molar-refractivity contribution >= 4 is 23.4 Å². The van der Waals surface area contributed by atoms with Gasteiger partial charge in [0.15, 0.2) is 0 Å². The van der Waals surface area contributed by atoms with Gasteiger partial charge in [-0.15, -0.1) is 11.8 Å². The molecule has 0 radical (unpaired) electrons. The lowest BCUT2D eigenvalue weighted by Gasteiger charge is -2.08. The fraction of sp³-hybridized carbons (Fsp3) is 0.300. The Morgan fingerprint density at radius 1 is 1.50 bits per heavy atom. The Bertz CT molecular complexity index is 354. The third-order valence-corrected chi connectivity index (χ3v) is 3.43. The number of rotatable bonds is 1. The first-order valence-corrected chi connectivity index (χ1v) is 5.43. The number of nitrogens with one attached hydrogen (secondary N) is 1. The first-order chi connectivity index (χ1) is 6.79. The number of benzene rings is 1. The van der Waals surface area contributed by atoms with Gasteiger partial charge in [0.25, 0.3) is 0 Å². The summed E-state index contributed by atoms with van der Waals surface area (Å²) in [4.78, 5) is 12.5. The van der Waals surface area contributed by atoms with E-state index in [1.165, 1.54) is 0 Å². The highest BCUT2D eigenvalue weighted by atomic mass is 32.2. The molecule has 74 valence electrons. The van der Waals surface area contributed by atoms with Crippen molar-refractivity contribution in [3.8, 4) is 0 Å². The van der Waals surface area contributed by atoms with Crippen molar-refractivity contribution in [2.75, 3.05) is 11.9 Å². The molecule has 0 bridgehead atoms. The lowest BCUT2D eigenvalue weighted by Crippen LogP contribution is -2.21. The van der Waals surface area contributed by atoms with E-state index in [9.17, 15) is 4.79 Å². The van der Waals surface area contributed by atoms with Crippen LogP contribution < -0.4 is 11.1 Å². The van der Waals surface area contributed by atoms with Crippen molar-refractivity contribution in [2.24, 2.45) is 5.73 Å². The third kappa shape index (κ3) is 1.91. The number of carbonyl (C=O) groups excluding carboxylic acids is 1. The molecule has 0 fully saturated rings. The number of amides is 1. The second kappa shape index (κ2) is 4.02. The molecular weight excluding hydrogens is 196 g/mol. The third-order valence-electron chi connectivity index (χ3n) is 2.13. The molecule has 0 aromatic heterocycles. The van der Waals surface area contributed by atoms with Gasteiger partial charge in [-0.1, -0.05) is 12.1 Å². The molecule has 1 aromatic rings. The van der Waals surface area contributed by atoms with Gasteiger partial charge in [-0.2, -0.15) is 0 Å². The number of hydrogen-bond acceptors (Lipinski definition) is 3. The molecule has 0 spiro atoms. The van der Waals surface area contributed by atoms with Crippen LogP contribution in [0.4, 0.5) is 5.69 Å². The van der Waals surface area contributed by atoms with E-state index in [0.717, 1.165) is 10.6 Å². The van der Waals surface area contributed by atoms with Crippen LogP contribution in [0.5, 0.6) is 0 Å². The summed E-state index contributed by atoms with van der Waals surface area (Å²) in [6.07, 6.45) is 0.496. The lowest BCUT2D eigenvalue weighted by molar-refractivity contribution is -0.116. The van der Waals surface area contributed by atoms with E-state index in [1.54, 1.807) is 11.8 Å². The number of fused-ring (bicyclic) bond motifs is 1. The lowest BCUT2D eigenvalue weighted by atomic mass is 10.2. The summed E-state index contributed by atoms with van der Waals surface area (Å²) in [5.74, 6) is 0.0536. The highest BCUT2D eigenvalue weighted by molar-refractivity contribution is 8.00. The Morgan fingerprint density at radius 2 is 2.29 bits per heavy atom. The molecule has 14 heavy (non-hydrogen) atoms. The van der Waals surface area contributed by atoms with Crippen molar-refractivity contribution in [2.45, 2.75) is 16.6 Å². The normalized spacial score (nSPS) is 20.9. The minimum atomic E-state index is 0.0536. The topological polar surface area (TPSA) is 55.1 Å². The zero-order chi connectivity index (χ0) is 9.97. The van der Waals surface area contributed by atoms with Crippen LogP contribution in [0.25, 0.3) is 0 Å². The highest BCUT2D eigenvalue weighted by Crippen LogP contribution is 2.34. The van der Waals surface area contributed by atoms with Crippen molar-refractivity contribution in [3.63, 3.8) is 0 Å². The summed E-state index contributed by atoms with van der Waals surface area (Å²) in [5, 5.41) is 3.06. The second-order valence-electron chi connectivity index (χ2n) is 3.22. The molecule has 0 aliphatic carbocycles. The summed E-state index contributed by atoms with van der Waals surface area (Å²) < 4.78 is 0. The van der Waals surface area contributed by atoms with E-state index in [4.69, 9.17) is 5.73 Å². The minimum absolute atomic E-state index is 0.0536. The SMILES string of the molecule is NCC1CC(=O)Nc2ccccc2S1. The molecule has 1 aliphatic rings. The standard InChI is InChI=1S/C10H12N2OS/c11-6-7-5-10(13)12-8-3-1-2-4-9(8)14-7/h1-4,7H,5-6,11H2,(H,12,13). The molecule has 3 nitrogen and oxygen atoms in total. The summed E-state index contributed by atoms with van der Waals surface area (Å²) >= 11 is 1.67. The van der Waals surface area contributed by atoms with Gasteiger partial charge in [0, 0.05) is 23.1 Å². The number of para-hydroxylation sites is 1. The molecule has 0 saturated carbocycles. The average molecular weight is 208 g/mol. The Balaban J connectivity index is 2.32. The van der Waals surface area contributed by atoms with Crippen molar-refractivity contribution in [1.82, 2.24) is 0 Å². The summed E-state index contributed by atoms with van der Waals surface area (Å²) in [6.45, 7) is 0.534. The van der Waals surface area contributed by atoms with Gasteiger partial charge in [-0.3, -0.25) is 4.79 Å². The molecule has 1 unspecified atom stereocenters. The van der Waals surface area contributed by atoms with E-state index < -0.39 is 0 Å². The van der Waals surface area contributed by atoms with E-state index in [2.05, 4.69) is 5.32 Å². The molecular formula is C10H12N2OS. The number of thioether (sulfide) groups is 1. The smallest absolute Gasteiger partial charge is 0.225 e. The summed E-state index contributed by atoms with van der Waals surface area (Å²) in [7, 11) is 0. The summed E-state index contributed by atoms with van der Waals surface area (Å²) in [6, 6.07) is 7.81. The fourth-order valence-corrected chi connectivity index (χ4v) is 2.53. The number of carbonyl (C=O) groups is 1. The second-order valence-corrected chi connectivity index (χ2v) is 4.57. The Labute approximate surface area is 87.1 Å². The maximum atomic E-state index is 11.4. The molecule has 1 amide bonds. The van der Waals surface area contributed by atoms with E-state index >= 15 is 0 Å². The van der Waals surface area contributed by atoms with Gasteiger partial charge in [0.2, 0.25) is 5.91 Å². The van der Waals surface area contributed by atoms with Crippen LogP contribution >= 0.6 is 11.8 Å². The molecule has 4 heteroatoms. The fourth-order valence-electron chi connectivity index (χ4n) is 1.43. The highest BCUT2D eigenvalue weighted by Gasteiger charge is 2.20. The summed E-state index contributed by atoms with van der Waals surface area (Å²) in [5.41, 5.74) is 6.49. The van der Waals surface area contributed by atoms with E-state index in [-0.39, 0.29) is 11.2 Å². The van der Waals surface area contributed by atoms with Crippen LogP contribution in [-0.2, 0) is 4.79 Å². The molecule has 1 aromatic carbocycles. The molecule has 1 aliphatic heterocycles. The zero-order valence-corrected chi connectivity index (χ0v) is 8.51. The van der Waals surface area contributed by atoms with Gasteiger partial charge < -0.3 is 11.1 Å². The Morgan fingerprint density at radius 3 is 3.07 bits per heavy atom. The molecule has 0 saturated heterocycles. The first kappa shape index (κ1) is 9.55. The predicted molar refractivity (Wildman–Crippen MR) is 58.4 cm³/mol. The quantitative estimate of drug-likeness (QED) is 0.734. The molecule has 3 N–H and O–H groups in total. The van der Waals surface area contributed by atoms with Crippen molar-refractivity contribution in [3.05, 3.63) is 24.3 Å². The van der Waals surface area contributed by atoms with Crippen LogP contribution in [0.2, 0.25) is 0 Å². The van der Waals surface area contributed by atoms with Gasteiger partial charge in [-0.05, 0) is 12.1 Å². The predicted octanol–water partition coefficient (Wildman–Crippen LogP) is 1.45. The molecule has 2 rings (SSSR count). The monoisotopic (exact) mass is 208 g/mol. The van der Waals surface area contributed by atoms with Gasteiger partial charge in [0.1, 0.15) is 0 Å². The molecule has 1 heterocycles.